The molecular formula is C15H24N4O2. The summed E-state index contributed by atoms with van der Waals surface area (Å²) in [5, 5.41) is 0. The number of aryl methyl sites for hydroxylation is 1. The minimum Gasteiger partial charge on any atom is -0.344 e. The van der Waals surface area contributed by atoms with Gasteiger partial charge in [0.2, 0.25) is 11.8 Å². The number of hydrogen-bond donors (Lipinski definition) is 0. The highest BCUT2D eigenvalue weighted by Gasteiger charge is 2.36. The summed E-state index contributed by atoms with van der Waals surface area (Å²) in [5.41, 5.74) is 0. The number of nitrogens with zero attached hydrogens (tertiary/aromatic N) is 4. The van der Waals surface area contributed by atoms with Crippen molar-refractivity contribution in [2.45, 2.75) is 39.8 Å². The number of carbonyl (C=O) groups is 2. The molecule has 2 rings (SSSR count). The van der Waals surface area contributed by atoms with Crippen molar-refractivity contribution in [3.63, 3.8) is 0 Å². The molecule has 6 heteroatoms. The van der Waals surface area contributed by atoms with Gasteiger partial charge in [0.1, 0.15) is 5.82 Å². The molecule has 0 spiro atoms. The van der Waals surface area contributed by atoms with Crippen molar-refractivity contribution in [3.8, 4) is 0 Å². The van der Waals surface area contributed by atoms with Gasteiger partial charge >= 0.3 is 0 Å². The predicted molar refractivity (Wildman–Crippen MR) is 79.6 cm³/mol. The van der Waals surface area contributed by atoms with E-state index in [-0.39, 0.29) is 23.8 Å². The standard InChI is InChI=1S/C15H24N4O2/c1-11(2)19-10-13(9-14(19)20)15(21)17(4)7-8-18-6-5-16-12(18)3/h5-6,11,13H,7-10H2,1-4H3. The second kappa shape index (κ2) is 6.28. The molecule has 0 radical (unpaired) electrons. The fourth-order valence-electron chi connectivity index (χ4n) is 2.72. The van der Waals surface area contributed by atoms with E-state index in [2.05, 4.69) is 4.98 Å². The Labute approximate surface area is 125 Å². The van der Waals surface area contributed by atoms with Gasteiger partial charge in [-0.3, -0.25) is 9.59 Å². The average Bonchev–Trinajstić information content (AvgIpc) is 3.01. The highest BCUT2D eigenvalue weighted by molar-refractivity contribution is 5.89. The van der Waals surface area contributed by atoms with Crippen LogP contribution in [0.25, 0.3) is 0 Å². The Balaban J connectivity index is 1.88. The van der Waals surface area contributed by atoms with E-state index in [0.29, 0.717) is 19.5 Å². The first kappa shape index (κ1) is 15.5. The molecule has 1 aliphatic heterocycles. The van der Waals surface area contributed by atoms with Crippen molar-refractivity contribution >= 4 is 11.8 Å². The van der Waals surface area contributed by atoms with Gasteiger partial charge in [0, 0.05) is 51.5 Å². The molecule has 2 amide bonds. The van der Waals surface area contributed by atoms with Crippen LogP contribution in [0.5, 0.6) is 0 Å². The lowest BCUT2D eigenvalue weighted by molar-refractivity contribution is -0.134. The number of carbonyl (C=O) groups excluding carboxylic acids is 2. The normalized spacial score (nSPS) is 18.6. The largest absolute Gasteiger partial charge is 0.344 e. The predicted octanol–water partition coefficient (Wildman–Crippen LogP) is 0.907. The highest BCUT2D eigenvalue weighted by Crippen LogP contribution is 2.21. The third-order valence-corrected chi connectivity index (χ3v) is 4.11. The second-order valence-corrected chi connectivity index (χ2v) is 5.97. The second-order valence-electron chi connectivity index (χ2n) is 5.97. The molecule has 1 unspecified atom stereocenters. The maximum Gasteiger partial charge on any atom is 0.227 e. The minimum absolute atomic E-state index is 0.0595. The van der Waals surface area contributed by atoms with Crippen molar-refractivity contribution in [2.75, 3.05) is 20.1 Å². The SMILES string of the molecule is Cc1nccn1CCN(C)C(=O)C1CC(=O)N(C(C)C)C1. The smallest absolute Gasteiger partial charge is 0.227 e. The van der Waals surface area contributed by atoms with Crippen LogP contribution in [0.15, 0.2) is 12.4 Å². The van der Waals surface area contributed by atoms with E-state index in [1.54, 1.807) is 23.0 Å². The van der Waals surface area contributed by atoms with Gasteiger partial charge in [0.05, 0.1) is 5.92 Å². The summed E-state index contributed by atoms with van der Waals surface area (Å²) in [7, 11) is 1.80. The van der Waals surface area contributed by atoms with Crippen molar-refractivity contribution in [1.29, 1.82) is 0 Å². The molecule has 116 valence electrons. The Bertz CT molecular complexity index is 523. The van der Waals surface area contributed by atoms with Crippen LogP contribution in [0.2, 0.25) is 0 Å². The molecule has 0 N–H and O–H groups in total. The van der Waals surface area contributed by atoms with Crippen LogP contribution in [0, 0.1) is 12.8 Å². The number of imidazole rings is 1. The van der Waals surface area contributed by atoms with E-state index in [1.165, 1.54) is 0 Å². The number of likely N-dealkylation sites (tertiary alicyclic amines) is 1. The molecular weight excluding hydrogens is 268 g/mol. The quantitative estimate of drug-likeness (QED) is 0.810. The Kier molecular flexibility index (Phi) is 4.65. The average molecular weight is 292 g/mol. The van der Waals surface area contributed by atoms with Crippen LogP contribution in [-0.4, -0.2) is 57.3 Å². The summed E-state index contributed by atoms with van der Waals surface area (Å²) in [6.45, 7) is 7.80. The van der Waals surface area contributed by atoms with Crippen LogP contribution in [0.3, 0.4) is 0 Å². The lowest BCUT2D eigenvalue weighted by Crippen LogP contribution is -2.37. The molecule has 1 saturated heterocycles. The molecule has 21 heavy (non-hydrogen) atoms. The van der Waals surface area contributed by atoms with E-state index in [4.69, 9.17) is 0 Å². The van der Waals surface area contributed by atoms with E-state index < -0.39 is 0 Å². The topological polar surface area (TPSA) is 58.4 Å². The van der Waals surface area contributed by atoms with Crippen molar-refractivity contribution in [1.82, 2.24) is 19.4 Å². The fraction of sp³-hybridized carbons (Fsp3) is 0.667. The summed E-state index contributed by atoms with van der Waals surface area (Å²) in [4.78, 5) is 32.0. The molecule has 6 nitrogen and oxygen atoms in total. The van der Waals surface area contributed by atoms with Gasteiger partial charge in [-0.2, -0.15) is 0 Å². The Morgan fingerprint density at radius 3 is 2.76 bits per heavy atom. The molecule has 0 aromatic carbocycles. The monoisotopic (exact) mass is 292 g/mol. The van der Waals surface area contributed by atoms with E-state index in [0.717, 1.165) is 12.4 Å². The first-order chi connectivity index (χ1) is 9.90. The summed E-state index contributed by atoms with van der Waals surface area (Å²) in [5.74, 6) is 0.887. The van der Waals surface area contributed by atoms with Crippen LogP contribution in [0.4, 0.5) is 0 Å². The zero-order valence-electron chi connectivity index (χ0n) is 13.2. The molecule has 1 fully saturated rings. The van der Waals surface area contributed by atoms with Crippen molar-refractivity contribution in [3.05, 3.63) is 18.2 Å². The Hall–Kier alpha value is -1.85. The lowest BCUT2D eigenvalue weighted by atomic mass is 10.1. The maximum absolute atomic E-state index is 12.4. The van der Waals surface area contributed by atoms with E-state index in [1.807, 2.05) is 31.5 Å². The molecule has 1 aromatic heterocycles. The Morgan fingerprint density at radius 2 is 2.24 bits per heavy atom. The summed E-state index contributed by atoms with van der Waals surface area (Å²) in [6.07, 6.45) is 4.01. The fourth-order valence-corrected chi connectivity index (χ4v) is 2.72. The molecule has 2 heterocycles. The first-order valence-corrected chi connectivity index (χ1v) is 7.42. The van der Waals surface area contributed by atoms with Gasteiger partial charge in [0.25, 0.3) is 0 Å². The van der Waals surface area contributed by atoms with Crippen LogP contribution >= 0.6 is 0 Å². The summed E-state index contributed by atoms with van der Waals surface area (Å²) in [6, 6.07) is 0.161. The van der Waals surface area contributed by atoms with Gasteiger partial charge in [-0.25, -0.2) is 4.98 Å². The van der Waals surface area contributed by atoms with E-state index in [9.17, 15) is 9.59 Å². The number of amides is 2. The third kappa shape index (κ3) is 3.43. The number of rotatable bonds is 5. The Morgan fingerprint density at radius 1 is 1.52 bits per heavy atom. The van der Waals surface area contributed by atoms with Crippen LogP contribution < -0.4 is 0 Å². The minimum atomic E-state index is -0.200. The van der Waals surface area contributed by atoms with Gasteiger partial charge in [0.15, 0.2) is 0 Å². The molecule has 1 aromatic rings. The number of aromatic nitrogens is 2. The molecule has 0 bridgehead atoms. The highest BCUT2D eigenvalue weighted by atomic mass is 16.2. The zero-order valence-corrected chi connectivity index (χ0v) is 13.2. The number of hydrogen-bond acceptors (Lipinski definition) is 3. The maximum atomic E-state index is 12.4. The number of likely N-dealkylation sites (N-methyl/N-ethyl adjacent to an activating group) is 1. The molecule has 1 atom stereocenters. The van der Waals surface area contributed by atoms with Crippen LogP contribution in [0.1, 0.15) is 26.1 Å². The first-order valence-electron chi connectivity index (χ1n) is 7.42. The third-order valence-electron chi connectivity index (χ3n) is 4.11. The van der Waals surface area contributed by atoms with Gasteiger partial charge in [-0.15, -0.1) is 0 Å². The molecule has 0 saturated carbocycles. The van der Waals surface area contributed by atoms with Crippen LogP contribution in [-0.2, 0) is 16.1 Å². The summed E-state index contributed by atoms with van der Waals surface area (Å²) < 4.78 is 2.02. The van der Waals surface area contributed by atoms with Crippen molar-refractivity contribution in [2.24, 2.45) is 5.92 Å². The van der Waals surface area contributed by atoms with Gasteiger partial charge < -0.3 is 14.4 Å². The van der Waals surface area contributed by atoms with Crippen molar-refractivity contribution < 1.29 is 9.59 Å². The molecule has 1 aliphatic rings. The van der Waals surface area contributed by atoms with Gasteiger partial charge in [-0.1, -0.05) is 0 Å². The zero-order chi connectivity index (χ0) is 15.6. The molecule has 0 aliphatic carbocycles. The van der Waals surface area contributed by atoms with Gasteiger partial charge in [-0.05, 0) is 20.8 Å². The lowest BCUT2D eigenvalue weighted by Gasteiger charge is -2.23. The van der Waals surface area contributed by atoms with E-state index >= 15 is 0 Å². The summed E-state index contributed by atoms with van der Waals surface area (Å²) >= 11 is 0.